The standard InChI is InChI=1S/C13H24N4O2/c1-4-11-12(14-5-2)15-9-16-13(11)17-10(6-7-18)8-19-3/h9-10,18H,4-8H2,1-3H3,(H2,14,15,16,17). The second-order valence-electron chi connectivity index (χ2n) is 4.24. The summed E-state index contributed by atoms with van der Waals surface area (Å²) in [6.07, 6.45) is 3.00. The minimum atomic E-state index is 0.0460. The Morgan fingerprint density at radius 3 is 2.63 bits per heavy atom. The van der Waals surface area contributed by atoms with Crippen molar-refractivity contribution in [1.82, 2.24) is 9.97 Å². The summed E-state index contributed by atoms with van der Waals surface area (Å²) in [5.41, 5.74) is 1.06. The Morgan fingerprint density at radius 1 is 1.32 bits per heavy atom. The molecule has 0 aliphatic rings. The zero-order valence-electron chi connectivity index (χ0n) is 11.9. The molecule has 19 heavy (non-hydrogen) atoms. The van der Waals surface area contributed by atoms with Crippen LogP contribution < -0.4 is 10.6 Å². The second kappa shape index (κ2) is 8.66. The number of aromatic nitrogens is 2. The molecule has 0 aliphatic carbocycles. The highest BCUT2D eigenvalue weighted by Gasteiger charge is 2.14. The van der Waals surface area contributed by atoms with Crippen molar-refractivity contribution >= 4 is 11.6 Å². The molecule has 1 rings (SSSR count). The Bertz CT molecular complexity index is 368. The van der Waals surface area contributed by atoms with Crippen LogP contribution in [0, 0.1) is 0 Å². The molecule has 0 aliphatic heterocycles. The molecule has 0 saturated heterocycles. The number of rotatable bonds is 9. The summed E-state index contributed by atoms with van der Waals surface area (Å²) in [4.78, 5) is 8.55. The van der Waals surface area contributed by atoms with Crippen molar-refractivity contribution in [3.05, 3.63) is 11.9 Å². The highest BCUT2D eigenvalue weighted by molar-refractivity contribution is 5.57. The first-order chi connectivity index (χ1) is 9.26. The van der Waals surface area contributed by atoms with Gasteiger partial charge in [-0.1, -0.05) is 6.92 Å². The van der Waals surface area contributed by atoms with E-state index in [1.165, 1.54) is 0 Å². The predicted octanol–water partition coefficient (Wildman–Crippen LogP) is 1.28. The third-order valence-electron chi connectivity index (χ3n) is 2.83. The molecule has 6 heteroatoms. The van der Waals surface area contributed by atoms with E-state index in [2.05, 4.69) is 27.5 Å². The van der Waals surface area contributed by atoms with Crippen LogP contribution in [0.3, 0.4) is 0 Å². The Kier molecular flexibility index (Phi) is 7.14. The molecule has 0 aromatic carbocycles. The molecule has 0 spiro atoms. The van der Waals surface area contributed by atoms with Crippen LogP contribution >= 0.6 is 0 Å². The third kappa shape index (κ3) is 4.65. The highest BCUT2D eigenvalue weighted by atomic mass is 16.5. The van der Waals surface area contributed by atoms with Crippen LogP contribution in [0.4, 0.5) is 11.6 Å². The maximum atomic E-state index is 9.07. The summed E-state index contributed by atoms with van der Waals surface area (Å²) in [6.45, 7) is 5.58. The summed E-state index contributed by atoms with van der Waals surface area (Å²) in [6, 6.07) is 0.0460. The fraction of sp³-hybridized carbons (Fsp3) is 0.692. The topological polar surface area (TPSA) is 79.3 Å². The van der Waals surface area contributed by atoms with E-state index in [0.29, 0.717) is 13.0 Å². The van der Waals surface area contributed by atoms with Gasteiger partial charge in [0.05, 0.1) is 12.6 Å². The number of hydrogen-bond acceptors (Lipinski definition) is 6. The van der Waals surface area contributed by atoms with Crippen LogP contribution in [0.15, 0.2) is 6.33 Å². The second-order valence-corrected chi connectivity index (χ2v) is 4.24. The summed E-state index contributed by atoms with van der Waals surface area (Å²) < 4.78 is 5.15. The van der Waals surface area contributed by atoms with Crippen molar-refractivity contribution in [3.8, 4) is 0 Å². The molecular formula is C13H24N4O2. The number of ether oxygens (including phenoxy) is 1. The van der Waals surface area contributed by atoms with E-state index in [0.717, 1.165) is 30.2 Å². The van der Waals surface area contributed by atoms with E-state index in [9.17, 15) is 0 Å². The fourth-order valence-corrected chi connectivity index (χ4v) is 1.94. The average molecular weight is 268 g/mol. The zero-order valence-corrected chi connectivity index (χ0v) is 11.9. The quantitative estimate of drug-likeness (QED) is 0.626. The number of aliphatic hydroxyl groups excluding tert-OH is 1. The van der Waals surface area contributed by atoms with Crippen LogP contribution in [0.25, 0.3) is 0 Å². The van der Waals surface area contributed by atoms with Gasteiger partial charge in [0.25, 0.3) is 0 Å². The first-order valence-electron chi connectivity index (χ1n) is 6.70. The first kappa shape index (κ1) is 15.7. The van der Waals surface area contributed by atoms with E-state index in [1.54, 1.807) is 13.4 Å². The van der Waals surface area contributed by atoms with E-state index in [1.807, 2.05) is 6.92 Å². The number of hydrogen-bond donors (Lipinski definition) is 3. The normalized spacial score (nSPS) is 12.2. The lowest BCUT2D eigenvalue weighted by molar-refractivity contribution is 0.170. The number of nitrogens with one attached hydrogen (secondary N) is 2. The van der Waals surface area contributed by atoms with E-state index in [-0.39, 0.29) is 12.6 Å². The van der Waals surface area contributed by atoms with Gasteiger partial charge in [0.2, 0.25) is 0 Å². The minimum absolute atomic E-state index is 0.0460. The molecule has 1 heterocycles. The molecule has 6 nitrogen and oxygen atoms in total. The smallest absolute Gasteiger partial charge is 0.135 e. The maximum Gasteiger partial charge on any atom is 0.135 e. The molecule has 0 fully saturated rings. The van der Waals surface area contributed by atoms with E-state index < -0.39 is 0 Å². The SMILES string of the molecule is CCNc1ncnc(NC(CCO)COC)c1CC. The molecule has 0 radical (unpaired) electrons. The Balaban J connectivity index is 2.88. The van der Waals surface area contributed by atoms with Crippen molar-refractivity contribution in [2.45, 2.75) is 32.7 Å². The van der Waals surface area contributed by atoms with E-state index in [4.69, 9.17) is 9.84 Å². The van der Waals surface area contributed by atoms with Gasteiger partial charge in [0.1, 0.15) is 18.0 Å². The molecule has 1 atom stereocenters. The molecular weight excluding hydrogens is 244 g/mol. The number of anilines is 2. The molecule has 1 unspecified atom stereocenters. The number of nitrogens with zero attached hydrogens (tertiary/aromatic N) is 2. The zero-order chi connectivity index (χ0) is 14.1. The Morgan fingerprint density at radius 2 is 2.05 bits per heavy atom. The maximum absolute atomic E-state index is 9.07. The summed E-state index contributed by atoms with van der Waals surface area (Å²) in [7, 11) is 1.65. The first-order valence-corrected chi connectivity index (χ1v) is 6.70. The Hall–Kier alpha value is -1.40. The van der Waals surface area contributed by atoms with Crippen LogP contribution in [0.5, 0.6) is 0 Å². The lowest BCUT2D eigenvalue weighted by atomic mass is 10.1. The number of aliphatic hydroxyl groups is 1. The van der Waals surface area contributed by atoms with Gasteiger partial charge < -0.3 is 20.5 Å². The largest absolute Gasteiger partial charge is 0.396 e. The van der Waals surface area contributed by atoms with Crippen molar-refractivity contribution in [1.29, 1.82) is 0 Å². The van der Waals surface area contributed by atoms with Gasteiger partial charge in [0.15, 0.2) is 0 Å². The molecule has 1 aromatic heterocycles. The highest BCUT2D eigenvalue weighted by Crippen LogP contribution is 2.21. The third-order valence-corrected chi connectivity index (χ3v) is 2.83. The molecule has 0 amide bonds. The van der Waals surface area contributed by atoms with Crippen molar-refractivity contribution in [2.24, 2.45) is 0 Å². The molecule has 108 valence electrons. The average Bonchev–Trinajstić information content (AvgIpc) is 2.40. The van der Waals surface area contributed by atoms with Crippen molar-refractivity contribution in [3.63, 3.8) is 0 Å². The van der Waals surface area contributed by atoms with Gasteiger partial charge in [-0.05, 0) is 19.8 Å². The summed E-state index contributed by atoms with van der Waals surface area (Å²) in [5.74, 6) is 1.67. The number of methoxy groups -OCH3 is 1. The molecule has 0 bridgehead atoms. The van der Waals surface area contributed by atoms with Gasteiger partial charge in [-0.25, -0.2) is 9.97 Å². The van der Waals surface area contributed by atoms with Crippen molar-refractivity contribution < 1.29 is 9.84 Å². The lowest BCUT2D eigenvalue weighted by Gasteiger charge is -2.20. The van der Waals surface area contributed by atoms with Crippen molar-refractivity contribution in [2.75, 3.05) is 37.5 Å². The molecule has 1 aromatic rings. The van der Waals surface area contributed by atoms with Crippen LogP contribution in [0.2, 0.25) is 0 Å². The van der Waals surface area contributed by atoms with Gasteiger partial charge >= 0.3 is 0 Å². The van der Waals surface area contributed by atoms with Crippen LogP contribution in [-0.2, 0) is 11.2 Å². The Labute approximate surface area is 114 Å². The summed E-state index contributed by atoms with van der Waals surface area (Å²) in [5, 5.41) is 15.6. The lowest BCUT2D eigenvalue weighted by Crippen LogP contribution is -2.27. The summed E-state index contributed by atoms with van der Waals surface area (Å²) >= 11 is 0. The molecule has 3 N–H and O–H groups in total. The van der Waals surface area contributed by atoms with Crippen LogP contribution in [-0.4, -0.2) is 48.0 Å². The monoisotopic (exact) mass is 268 g/mol. The van der Waals surface area contributed by atoms with Crippen LogP contribution in [0.1, 0.15) is 25.8 Å². The minimum Gasteiger partial charge on any atom is -0.396 e. The van der Waals surface area contributed by atoms with E-state index >= 15 is 0 Å². The van der Waals surface area contributed by atoms with Gasteiger partial charge in [0, 0.05) is 25.8 Å². The fourth-order valence-electron chi connectivity index (χ4n) is 1.94. The van der Waals surface area contributed by atoms with Gasteiger partial charge in [-0.2, -0.15) is 0 Å². The van der Waals surface area contributed by atoms with Gasteiger partial charge in [-0.15, -0.1) is 0 Å². The van der Waals surface area contributed by atoms with Gasteiger partial charge in [-0.3, -0.25) is 0 Å². The molecule has 0 saturated carbocycles. The predicted molar refractivity (Wildman–Crippen MR) is 76.6 cm³/mol.